The van der Waals surface area contributed by atoms with Crippen molar-refractivity contribution in [3.63, 3.8) is 0 Å². The van der Waals surface area contributed by atoms with E-state index in [0.29, 0.717) is 22.8 Å². The van der Waals surface area contributed by atoms with Crippen molar-refractivity contribution in [1.82, 2.24) is 0 Å². The lowest BCUT2D eigenvalue weighted by atomic mass is 10.1. The van der Waals surface area contributed by atoms with Crippen molar-refractivity contribution in [1.29, 1.82) is 0 Å². The first kappa shape index (κ1) is 10.5. The quantitative estimate of drug-likeness (QED) is 0.766. The standard InChI is InChI=1S/C11H9ClO2S/c1-7-8(2-4-14-7)10(13)6-11-9(12)3-5-15-11/h2-5H,6H2,1H3. The van der Waals surface area contributed by atoms with Crippen molar-refractivity contribution in [2.24, 2.45) is 0 Å². The first-order valence-corrected chi connectivity index (χ1v) is 5.73. The monoisotopic (exact) mass is 240 g/mol. The zero-order valence-electron chi connectivity index (χ0n) is 8.12. The van der Waals surface area contributed by atoms with E-state index in [2.05, 4.69) is 0 Å². The summed E-state index contributed by atoms with van der Waals surface area (Å²) in [7, 11) is 0. The van der Waals surface area contributed by atoms with Crippen LogP contribution in [0.25, 0.3) is 0 Å². The van der Waals surface area contributed by atoms with Crippen molar-refractivity contribution in [2.75, 3.05) is 0 Å². The normalized spacial score (nSPS) is 10.5. The summed E-state index contributed by atoms with van der Waals surface area (Å²) in [5, 5.41) is 2.54. The van der Waals surface area contributed by atoms with E-state index in [4.69, 9.17) is 16.0 Å². The summed E-state index contributed by atoms with van der Waals surface area (Å²) in [6.07, 6.45) is 1.87. The molecule has 0 fully saturated rings. The molecule has 0 atom stereocenters. The SMILES string of the molecule is Cc1occc1C(=O)Cc1sccc1Cl. The Balaban J connectivity index is 2.18. The topological polar surface area (TPSA) is 30.2 Å². The van der Waals surface area contributed by atoms with Crippen LogP contribution in [0.2, 0.25) is 5.02 Å². The van der Waals surface area contributed by atoms with Crippen molar-refractivity contribution >= 4 is 28.7 Å². The van der Waals surface area contributed by atoms with Crippen LogP contribution < -0.4 is 0 Å². The van der Waals surface area contributed by atoms with Crippen molar-refractivity contribution in [2.45, 2.75) is 13.3 Å². The lowest BCUT2D eigenvalue weighted by Crippen LogP contribution is -2.02. The Bertz CT molecular complexity index is 484. The van der Waals surface area contributed by atoms with E-state index < -0.39 is 0 Å². The molecule has 0 saturated carbocycles. The minimum Gasteiger partial charge on any atom is -0.469 e. The minimum atomic E-state index is 0.0469. The molecular weight excluding hydrogens is 232 g/mol. The van der Waals surface area contributed by atoms with Crippen LogP contribution in [-0.2, 0) is 6.42 Å². The number of hydrogen-bond acceptors (Lipinski definition) is 3. The average molecular weight is 241 g/mol. The third-order valence-electron chi connectivity index (χ3n) is 2.17. The van der Waals surface area contributed by atoms with Crippen molar-refractivity contribution in [3.8, 4) is 0 Å². The van der Waals surface area contributed by atoms with Gasteiger partial charge in [0.2, 0.25) is 0 Å². The number of carbonyl (C=O) groups is 1. The summed E-state index contributed by atoms with van der Waals surface area (Å²) in [5.74, 6) is 0.707. The lowest BCUT2D eigenvalue weighted by Gasteiger charge is -1.97. The molecule has 0 bridgehead atoms. The lowest BCUT2D eigenvalue weighted by molar-refractivity contribution is 0.0992. The van der Waals surface area contributed by atoms with Gasteiger partial charge in [0.15, 0.2) is 5.78 Å². The van der Waals surface area contributed by atoms with E-state index in [0.717, 1.165) is 4.88 Å². The Morgan fingerprint density at radius 2 is 2.33 bits per heavy atom. The average Bonchev–Trinajstić information content (AvgIpc) is 2.76. The van der Waals surface area contributed by atoms with Crippen LogP contribution in [0.4, 0.5) is 0 Å². The number of Topliss-reactive ketones (excluding diaryl/α,β-unsaturated/α-hetero) is 1. The summed E-state index contributed by atoms with van der Waals surface area (Å²) in [5.41, 5.74) is 0.638. The highest BCUT2D eigenvalue weighted by Crippen LogP contribution is 2.24. The largest absolute Gasteiger partial charge is 0.469 e. The van der Waals surface area contributed by atoms with Crippen LogP contribution >= 0.6 is 22.9 Å². The molecule has 0 aliphatic rings. The van der Waals surface area contributed by atoms with E-state index in [9.17, 15) is 4.79 Å². The first-order chi connectivity index (χ1) is 7.18. The summed E-state index contributed by atoms with van der Waals surface area (Å²) >= 11 is 7.42. The summed E-state index contributed by atoms with van der Waals surface area (Å²) in [4.78, 5) is 12.7. The fourth-order valence-corrected chi connectivity index (χ4v) is 2.47. The van der Waals surface area contributed by atoms with Gasteiger partial charge in [0.05, 0.1) is 16.8 Å². The maximum atomic E-state index is 11.8. The molecule has 0 saturated heterocycles. The van der Waals surface area contributed by atoms with Crippen molar-refractivity contribution in [3.05, 3.63) is 45.0 Å². The number of halogens is 1. The fourth-order valence-electron chi connectivity index (χ4n) is 1.37. The van der Waals surface area contributed by atoms with E-state index in [-0.39, 0.29) is 5.78 Å². The highest BCUT2D eigenvalue weighted by molar-refractivity contribution is 7.10. The number of furan rings is 1. The second kappa shape index (κ2) is 4.21. The smallest absolute Gasteiger partial charge is 0.171 e. The van der Waals surface area contributed by atoms with E-state index >= 15 is 0 Å². The van der Waals surface area contributed by atoms with Crippen LogP contribution in [0.15, 0.2) is 28.2 Å². The van der Waals surface area contributed by atoms with E-state index in [1.165, 1.54) is 17.6 Å². The molecule has 78 valence electrons. The molecular formula is C11H9ClO2S. The Morgan fingerprint density at radius 1 is 1.53 bits per heavy atom. The summed E-state index contributed by atoms with van der Waals surface area (Å²) in [6.45, 7) is 1.78. The van der Waals surface area contributed by atoms with Crippen molar-refractivity contribution < 1.29 is 9.21 Å². The second-order valence-electron chi connectivity index (χ2n) is 3.18. The van der Waals surface area contributed by atoms with Gasteiger partial charge in [-0.2, -0.15) is 0 Å². The molecule has 0 aliphatic carbocycles. The van der Waals surface area contributed by atoms with Crippen LogP contribution in [-0.4, -0.2) is 5.78 Å². The predicted molar refractivity (Wildman–Crippen MR) is 60.8 cm³/mol. The molecule has 2 heterocycles. The van der Waals surface area contributed by atoms with E-state index in [1.54, 1.807) is 19.1 Å². The predicted octanol–water partition coefficient (Wildman–Crippen LogP) is 3.73. The number of ketones is 1. The molecule has 0 N–H and O–H groups in total. The number of hydrogen-bond donors (Lipinski definition) is 0. The molecule has 0 radical (unpaired) electrons. The Labute approximate surface area is 96.5 Å². The van der Waals surface area contributed by atoms with Gasteiger partial charge in [0.1, 0.15) is 5.76 Å². The van der Waals surface area contributed by atoms with Gasteiger partial charge in [0, 0.05) is 11.3 Å². The van der Waals surface area contributed by atoms with Gasteiger partial charge in [-0.15, -0.1) is 11.3 Å². The molecule has 0 aliphatic heterocycles. The van der Waals surface area contributed by atoms with Gasteiger partial charge in [-0.3, -0.25) is 4.79 Å². The molecule has 0 spiro atoms. The third kappa shape index (κ3) is 2.13. The molecule has 2 aromatic rings. The third-order valence-corrected chi connectivity index (χ3v) is 3.56. The molecule has 0 amide bonds. The van der Waals surface area contributed by atoms with Crippen LogP contribution in [0.3, 0.4) is 0 Å². The number of aryl methyl sites for hydroxylation is 1. The Kier molecular flexibility index (Phi) is 2.93. The number of thiophene rings is 1. The highest BCUT2D eigenvalue weighted by atomic mass is 35.5. The maximum absolute atomic E-state index is 11.8. The van der Waals surface area contributed by atoms with Gasteiger partial charge < -0.3 is 4.42 Å². The zero-order valence-corrected chi connectivity index (χ0v) is 9.69. The highest BCUT2D eigenvalue weighted by Gasteiger charge is 2.14. The van der Waals surface area contributed by atoms with Gasteiger partial charge >= 0.3 is 0 Å². The molecule has 4 heteroatoms. The molecule has 0 unspecified atom stereocenters. The molecule has 2 nitrogen and oxygen atoms in total. The maximum Gasteiger partial charge on any atom is 0.171 e. The number of rotatable bonds is 3. The zero-order chi connectivity index (χ0) is 10.8. The molecule has 2 aromatic heterocycles. The molecule has 2 rings (SSSR count). The van der Waals surface area contributed by atoms with Gasteiger partial charge in [-0.1, -0.05) is 11.6 Å². The van der Waals surface area contributed by atoms with Crippen LogP contribution in [0, 0.1) is 6.92 Å². The van der Waals surface area contributed by atoms with Crippen LogP contribution in [0.1, 0.15) is 21.0 Å². The summed E-state index contributed by atoms with van der Waals surface area (Å²) < 4.78 is 5.08. The Hall–Kier alpha value is -1.06. The minimum absolute atomic E-state index is 0.0469. The second-order valence-corrected chi connectivity index (χ2v) is 4.59. The molecule has 0 aromatic carbocycles. The van der Waals surface area contributed by atoms with E-state index in [1.807, 2.05) is 5.38 Å². The molecule has 15 heavy (non-hydrogen) atoms. The van der Waals surface area contributed by atoms with Gasteiger partial charge in [-0.05, 0) is 24.4 Å². The Morgan fingerprint density at radius 3 is 2.87 bits per heavy atom. The van der Waals surface area contributed by atoms with Crippen LogP contribution in [0.5, 0.6) is 0 Å². The van der Waals surface area contributed by atoms with Gasteiger partial charge in [-0.25, -0.2) is 0 Å². The van der Waals surface area contributed by atoms with Gasteiger partial charge in [0.25, 0.3) is 0 Å². The number of carbonyl (C=O) groups excluding carboxylic acids is 1. The first-order valence-electron chi connectivity index (χ1n) is 4.47. The fraction of sp³-hybridized carbons (Fsp3) is 0.182. The summed E-state index contributed by atoms with van der Waals surface area (Å²) in [6, 6.07) is 3.50.